The van der Waals surface area contributed by atoms with Crippen molar-refractivity contribution in [1.82, 2.24) is 9.78 Å². The van der Waals surface area contributed by atoms with E-state index in [2.05, 4.69) is 15.2 Å². The molecule has 1 N–H and O–H groups in total. The van der Waals surface area contributed by atoms with Crippen LogP contribution in [0.5, 0.6) is 5.88 Å². The predicted molar refractivity (Wildman–Crippen MR) is 124 cm³/mol. The first kappa shape index (κ1) is 23.6. The summed E-state index contributed by atoms with van der Waals surface area (Å²) in [6.07, 6.45) is 1.49. The Hall–Kier alpha value is -4.53. The molecule has 1 aromatic heterocycles. The van der Waals surface area contributed by atoms with Gasteiger partial charge >= 0.3 is 5.97 Å². The van der Waals surface area contributed by atoms with Crippen molar-refractivity contribution in [2.45, 2.75) is 13.2 Å². The van der Waals surface area contributed by atoms with E-state index in [1.165, 1.54) is 54.4 Å². The summed E-state index contributed by atoms with van der Waals surface area (Å²) < 4.78 is 39.0. The Bertz CT molecular complexity index is 1350. The highest BCUT2D eigenvalue weighted by molar-refractivity contribution is 6.06. The number of anilines is 1. The van der Waals surface area contributed by atoms with Gasteiger partial charge in [0.1, 0.15) is 23.8 Å². The van der Waals surface area contributed by atoms with Crippen molar-refractivity contribution in [2.24, 2.45) is 0 Å². The number of ether oxygens (including phenoxy) is 2. The average Bonchev–Trinajstić information content (AvgIpc) is 3.25. The van der Waals surface area contributed by atoms with E-state index < -0.39 is 17.7 Å². The maximum absolute atomic E-state index is 13.6. The van der Waals surface area contributed by atoms with E-state index in [1.807, 2.05) is 0 Å². The number of nitrogens with zero attached hydrogens (tertiary/aromatic N) is 2. The number of hydrogen-bond acceptors (Lipinski definition) is 5. The number of methoxy groups -OCH3 is 1. The van der Waals surface area contributed by atoms with Crippen LogP contribution in [0.4, 0.5) is 14.5 Å². The highest BCUT2D eigenvalue weighted by Crippen LogP contribution is 2.21. The maximum atomic E-state index is 13.6. The number of rotatable bonds is 8. The number of aromatic nitrogens is 2. The summed E-state index contributed by atoms with van der Waals surface area (Å²) in [5.74, 6) is -1.75. The van der Waals surface area contributed by atoms with Crippen LogP contribution in [-0.4, -0.2) is 28.8 Å². The Kier molecular flexibility index (Phi) is 7.15. The molecule has 0 bridgehead atoms. The number of nitrogens with one attached hydrogen (secondary N) is 1. The van der Waals surface area contributed by atoms with E-state index in [0.717, 1.165) is 0 Å². The number of esters is 1. The van der Waals surface area contributed by atoms with Crippen LogP contribution in [0, 0.1) is 11.6 Å². The first-order valence-corrected chi connectivity index (χ1v) is 10.6. The number of hydrogen-bond donors (Lipinski definition) is 1. The molecule has 1 amide bonds. The van der Waals surface area contributed by atoms with Crippen LogP contribution in [0.1, 0.15) is 31.8 Å². The summed E-state index contributed by atoms with van der Waals surface area (Å²) in [6.45, 7) is 0.192. The molecular formula is C26H21F2N3O4. The molecule has 0 aliphatic rings. The summed E-state index contributed by atoms with van der Waals surface area (Å²) in [6, 6.07) is 18.1. The minimum atomic E-state index is -0.504. The van der Waals surface area contributed by atoms with Crippen molar-refractivity contribution in [2.75, 3.05) is 12.4 Å². The van der Waals surface area contributed by atoms with Gasteiger partial charge in [-0.15, -0.1) is 5.10 Å². The molecule has 0 saturated carbocycles. The predicted octanol–water partition coefficient (Wildman–Crippen LogP) is 4.83. The quantitative estimate of drug-likeness (QED) is 0.368. The standard InChI is InChI=1S/C26H21F2N3O4/c1-34-26(33)19-8-10-22(11-9-19)29-24(32)23-15-31(14-17-4-2-6-20(27)12-17)30-25(23)35-16-18-5-3-7-21(28)13-18/h2-13,15H,14,16H2,1H3,(H,29,32). The maximum Gasteiger partial charge on any atom is 0.337 e. The molecule has 178 valence electrons. The third kappa shape index (κ3) is 6.08. The summed E-state index contributed by atoms with van der Waals surface area (Å²) in [7, 11) is 1.28. The molecular weight excluding hydrogens is 456 g/mol. The van der Waals surface area contributed by atoms with Crippen molar-refractivity contribution in [1.29, 1.82) is 0 Å². The monoisotopic (exact) mass is 477 g/mol. The Balaban J connectivity index is 1.56. The first-order valence-electron chi connectivity index (χ1n) is 10.6. The van der Waals surface area contributed by atoms with Crippen LogP contribution < -0.4 is 10.1 Å². The zero-order valence-electron chi connectivity index (χ0n) is 18.7. The van der Waals surface area contributed by atoms with Crippen LogP contribution in [0.2, 0.25) is 0 Å². The minimum absolute atomic E-state index is 0.0111. The summed E-state index contributed by atoms with van der Waals surface area (Å²) in [5.41, 5.74) is 2.13. The van der Waals surface area contributed by atoms with Crippen molar-refractivity contribution in [3.05, 3.63) is 113 Å². The number of benzene rings is 3. The van der Waals surface area contributed by atoms with Crippen LogP contribution in [-0.2, 0) is 17.9 Å². The fourth-order valence-corrected chi connectivity index (χ4v) is 3.35. The van der Waals surface area contributed by atoms with Crippen LogP contribution >= 0.6 is 0 Å². The lowest BCUT2D eigenvalue weighted by Gasteiger charge is -2.08. The lowest BCUT2D eigenvalue weighted by Crippen LogP contribution is -2.13. The third-order valence-corrected chi connectivity index (χ3v) is 5.03. The van der Waals surface area contributed by atoms with E-state index in [0.29, 0.717) is 22.4 Å². The van der Waals surface area contributed by atoms with E-state index in [1.54, 1.807) is 36.4 Å². The molecule has 3 aromatic carbocycles. The molecule has 0 aliphatic carbocycles. The zero-order valence-corrected chi connectivity index (χ0v) is 18.7. The van der Waals surface area contributed by atoms with Gasteiger partial charge in [-0.25, -0.2) is 13.6 Å². The van der Waals surface area contributed by atoms with Gasteiger partial charge in [0.15, 0.2) is 0 Å². The normalized spacial score (nSPS) is 10.6. The molecule has 1 heterocycles. The summed E-state index contributed by atoms with van der Waals surface area (Å²) >= 11 is 0. The highest BCUT2D eigenvalue weighted by atomic mass is 19.1. The van der Waals surface area contributed by atoms with Crippen molar-refractivity contribution >= 4 is 17.6 Å². The molecule has 0 saturated heterocycles. The highest BCUT2D eigenvalue weighted by Gasteiger charge is 2.19. The summed E-state index contributed by atoms with van der Waals surface area (Å²) in [4.78, 5) is 24.7. The SMILES string of the molecule is COC(=O)c1ccc(NC(=O)c2cn(Cc3cccc(F)c3)nc2OCc2cccc(F)c2)cc1. The van der Waals surface area contributed by atoms with Gasteiger partial charge in [0.2, 0.25) is 5.88 Å². The van der Waals surface area contributed by atoms with Gasteiger partial charge in [-0.1, -0.05) is 24.3 Å². The minimum Gasteiger partial charge on any atom is -0.471 e. The lowest BCUT2D eigenvalue weighted by molar-refractivity contribution is 0.0600. The Morgan fingerprint density at radius 1 is 0.943 bits per heavy atom. The summed E-state index contributed by atoms with van der Waals surface area (Å²) in [5, 5.41) is 7.07. The second-order valence-corrected chi connectivity index (χ2v) is 7.62. The molecule has 7 nitrogen and oxygen atoms in total. The number of halogens is 2. The molecule has 0 spiro atoms. The van der Waals surface area contributed by atoms with Crippen LogP contribution in [0.3, 0.4) is 0 Å². The molecule has 4 rings (SSSR count). The largest absolute Gasteiger partial charge is 0.471 e. The number of carbonyl (C=O) groups is 2. The first-order chi connectivity index (χ1) is 16.9. The second kappa shape index (κ2) is 10.6. The molecule has 9 heteroatoms. The fourth-order valence-electron chi connectivity index (χ4n) is 3.35. The Labute approximate surface area is 199 Å². The third-order valence-electron chi connectivity index (χ3n) is 5.03. The molecule has 0 fully saturated rings. The molecule has 35 heavy (non-hydrogen) atoms. The average molecular weight is 477 g/mol. The van der Waals surface area contributed by atoms with Gasteiger partial charge in [-0.3, -0.25) is 9.48 Å². The smallest absolute Gasteiger partial charge is 0.337 e. The molecule has 4 aromatic rings. The van der Waals surface area contributed by atoms with E-state index >= 15 is 0 Å². The molecule has 0 atom stereocenters. The van der Waals surface area contributed by atoms with E-state index in [-0.39, 0.29) is 30.4 Å². The van der Waals surface area contributed by atoms with Gasteiger partial charge in [0, 0.05) is 11.9 Å². The van der Waals surface area contributed by atoms with Gasteiger partial charge in [-0.05, 0) is 59.7 Å². The molecule has 0 aliphatic heterocycles. The van der Waals surface area contributed by atoms with Gasteiger partial charge < -0.3 is 14.8 Å². The van der Waals surface area contributed by atoms with Crippen molar-refractivity contribution in [3.63, 3.8) is 0 Å². The van der Waals surface area contributed by atoms with Gasteiger partial charge in [-0.2, -0.15) is 0 Å². The zero-order chi connectivity index (χ0) is 24.8. The topological polar surface area (TPSA) is 82.5 Å². The number of amides is 1. The van der Waals surface area contributed by atoms with E-state index in [4.69, 9.17) is 4.74 Å². The molecule has 0 unspecified atom stereocenters. The number of carbonyl (C=O) groups excluding carboxylic acids is 2. The van der Waals surface area contributed by atoms with Crippen LogP contribution in [0.15, 0.2) is 79.0 Å². The van der Waals surface area contributed by atoms with Gasteiger partial charge in [0.05, 0.1) is 19.2 Å². The molecule has 0 radical (unpaired) electrons. The Morgan fingerprint density at radius 3 is 2.26 bits per heavy atom. The van der Waals surface area contributed by atoms with Gasteiger partial charge in [0.25, 0.3) is 5.91 Å². The van der Waals surface area contributed by atoms with Crippen molar-refractivity contribution < 1.29 is 27.8 Å². The Morgan fingerprint density at radius 2 is 1.60 bits per heavy atom. The van der Waals surface area contributed by atoms with Crippen LogP contribution in [0.25, 0.3) is 0 Å². The van der Waals surface area contributed by atoms with E-state index in [9.17, 15) is 18.4 Å². The van der Waals surface area contributed by atoms with Crippen molar-refractivity contribution in [3.8, 4) is 5.88 Å². The lowest BCUT2D eigenvalue weighted by atomic mass is 10.2. The fraction of sp³-hybridized carbons (Fsp3) is 0.115. The second-order valence-electron chi connectivity index (χ2n) is 7.62.